The summed E-state index contributed by atoms with van der Waals surface area (Å²) in [6.45, 7) is 1.81. The Balaban J connectivity index is 1.80. The summed E-state index contributed by atoms with van der Waals surface area (Å²) in [5.74, 6) is -0.0756. The smallest absolute Gasteiger partial charge is 0.263 e. The first-order valence-electron chi connectivity index (χ1n) is 6.26. The molecule has 3 N–H and O–H groups in total. The van der Waals surface area contributed by atoms with Crippen molar-refractivity contribution in [2.24, 2.45) is 0 Å². The zero-order chi connectivity index (χ0) is 13.4. The number of aryl methyl sites for hydroxylation is 2. The Labute approximate surface area is 115 Å². The topological polar surface area (TPSA) is 68.0 Å². The Bertz CT molecular complexity index is 635. The first-order valence-corrected chi connectivity index (χ1v) is 7.08. The molecule has 1 aromatic heterocycles. The van der Waals surface area contributed by atoms with Gasteiger partial charge in [0.15, 0.2) is 5.13 Å². The van der Waals surface area contributed by atoms with Gasteiger partial charge in [0, 0.05) is 0 Å². The number of nitrogen functional groups attached to an aromatic ring is 1. The highest BCUT2D eigenvalue weighted by molar-refractivity contribution is 7.17. The first-order chi connectivity index (χ1) is 9.15. The third-order valence-corrected chi connectivity index (χ3v) is 4.44. The molecule has 1 aliphatic carbocycles. The molecule has 0 aliphatic heterocycles. The lowest BCUT2D eigenvalue weighted by molar-refractivity contribution is 0.0940. The maximum absolute atomic E-state index is 12.2. The summed E-state index contributed by atoms with van der Waals surface area (Å²) in [5.41, 5.74) is 8.88. The molecule has 0 spiro atoms. The number of nitrogens with two attached hydrogens (primary N) is 1. The van der Waals surface area contributed by atoms with Crippen LogP contribution in [-0.2, 0) is 6.42 Å². The van der Waals surface area contributed by atoms with Gasteiger partial charge in [-0.25, -0.2) is 4.98 Å². The number of thiazole rings is 1. The van der Waals surface area contributed by atoms with Crippen LogP contribution in [0.2, 0.25) is 0 Å². The molecular formula is C14H15N3OS. The number of benzene rings is 1. The number of amides is 1. The molecule has 98 valence electrons. The van der Waals surface area contributed by atoms with Gasteiger partial charge in [0.2, 0.25) is 0 Å². The molecule has 19 heavy (non-hydrogen) atoms. The molecule has 1 amide bonds. The Morgan fingerprint density at radius 3 is 3.00 bits per heavy atom. The van der Waals surface area contributed by atoms with Gasteiger partial charge in [-0.05, 0) is 30.9 Å². The molecule has 0 fully saturated rings. The van der Waals surface area contributed by atoms with E-state index in [0.717, 1.165) is 12.8 Å². The molecule has 1 atom stereocenters. The van der Waals surface area contributed by atoms with Crippen molar-refractivity contribution in [1.29, 1.82) is 0 Å². The number of nitrogens with zero attached hydrogens (tertiary/aromatic N) is 1. The third-order valence-electron chi connectivity index (χ3n) is 3.46. The van der Waals surface area contributed by atoms with Crippen LogP contribution in [0.3, 0.4) is 0 Å². The van der Waals surface area contributed by atoms with Gasteiger partial charge in [0.05, 0.1) is 11.7 Å². The Morgan fingerprint density at radius 2 is 2.26 bits per heavy atom. The number of carbonyl (C=O) groups is 1. The van der Waals surface area contributed by atoms with Gasteiger partial charge in [-0.1, -0.05) is 35.6 Å². The summed E-state index contributed by atoms with van der Waals surface area (Å²) in [6.07, 6.45) is 1.98. The van der Waals surface area contributed by atoms with Gasteiger partial charge in [-0.15, -0.1) is 0 Å². The lowest BCUT2D eigenvalue weighted by atomic mass is 10.1. The van der Waals surface area contributed by atoms with Crippen molar-refractivity contribution in [2.75, 3.05) is 5.73 Å². The van der Waals surface area contributed by atoms with E-state index in [4.69, 9.17) is 5.73 Å². The van der Waals surface area contributed by atoms with Crippen LogP contribution in [0.5, 0.6) is 0 Å². The van der Waals surface area contributed by atoms with E-state index in [0.29, 0.717) is 15.7 Å². The molecule has 1 unspecified atom stereocenters. The summed E-state index contributed by atoms with van der Waals surface area (Å²) < 4.78 is 0. The van der Waals surface area contributed by atoms with Crippen molar-refractivity contribution < 1.29 is 4.79 Å². The molecule has 5 heteroatoms. The van der Waals surface area contributed by atoms with Gasteiger partial charge >= 0.3 is 0 Å². The molecule has 2 aromatic rings. The molecule has 1 aliphatic rings. The van der Waals surface area contributed by atoms with Crippen LogP contribution < -0.4 is 11.1 Å². The van der Waals surface area contributed by atoms with Crippen molar-refractivity contribution in [2.45, 2.75) is 25.8 Å². The molecule has 1 heterocycles. The van der Waals surface area contributed by atoms with E-state index >= 15 is 0 Å². The molecule has 0 saturated heterocycles. The van der Waals surface area contributed by atoms with E-state index in [1.54, 1.807) is 0 Å². The number of aromatic nitrogens is 1. The second kappa shape index (κ2) is 4.66. The van der Waals surface area contributed by atoms with Gasteiger partial charge in [-0.2, -0.15) is 0 Å². The number of nitrogens with one attached hydrogen (secondary N) is 1. The minimum atomic E-state index is -0.0756. The number of hydrogen-bond donors (Lipinski definition) is 2. The fourth-order valence-electron chi connectivity index (χ4n) is 2.56. The largest absolute Gasteiger partial charge is 0.375 e. The summed E-state index contributed by atoms with van der Waals surface area (Å²) >= 11 is 1.24. The summed E-state index contributed by atoms with van der Waals surface area (Å²) in [7, 11) is 0. The van der Waals surface area contributed by atoms with Crippen molar-refractivity contribution in [1.82, 2.24) is 10.3 Å². The van der Waals surface area contributed by atoms with Gasteiger partial charge in [-0.3, -0.25) is 4.79 Å². The first kappa shape index (κ1) is 12.2. The standard InChI is InChI=1S/C14H15N3OS/c1-8-12(19-14(15)16-8)13(18)17-11-7-6-9-4-2-3-5-10(9)11/h2-5,11H,6-7H2,1H3,(H2,15,16)(H,17,18). The van der Waals surface area contributed by atoms with Crippen molar-refractivity contribution in [3.63, 3.8) is 0 Å². The fourth-order valence-corrected chi connectivity index (χ4v) is 3.30. The van der Waals surface area contributed by atoms with E-state index in [1.807, 2.05) is 19.1 Å². The van der Waals surface area contributed by atoms with Crippen LogP contribution in [0.15, 0.2) is 24.3 Å². The second-order valence-corrected chi connectivity index (χ2v) is 5.76. The summed E-state index contributed by atoms with van der Waals surface area (Å²) in [4.78, 5) is 16.9. The van der Waals surface area contributed by atoms with Crippen LogP contribution >= 0.6 is 11.3 Å². The quantitative estimate of drug-likeness (QED) is 0.883. The molecule has 3 rings (SSSR count). The van der Waals surface area contributed by atoms with Gasteiger partial charge in [0.25, 0.3) is 5.91 Å². The SMILES string of the molecule is Cc1nc(N)sc1C(=O)NC1CCc2ccccc21. The molecule has 0 bridgehead atoms. The number of anilines is 1. The molecule has 1 aromatic carbocycles. The maximum atomic E-state index is 12.2. The van der Waals surface area contributed by atoms with E-state index in [1.165, 1.54) is 22.5 Å². The monoisotopic (exact) mass is 273 g/mol. The molecule has 0 saturated carbocycles. The maximum Gasteiger partial charge on any atom is 0.263 e. The average Bonchev–Trinajstić information content (AvgIpc) is 2.94. The highest BCUT2D eigenvalue weighted by Crippen LogP contribution is 2.31. The summed E-state index contributed by atoms with van der Waals surface area (Å²) in [5, 5.41) is 3.52. The summed E-state index contributed by atoms with van der Waals surface area (Å²) in [6, 6.07) is 8.36. The number of rotatable bonds is 2. The molecular weight excluding hydrogens is 258 g/mol. The number of carbonyl (C=O) groups excluding carboxylic acids is 1. The highest BCUT2D eigenvalue weighted by atomic mass is 32.1. The fraction of sp³-hybridized carbons (Fsp3) is 0.286. The van der Waals surface area contributed by atoms with E-state index in [2.05, 4.69) is 22.4 Å². The molecule has 0 radical (unpaired) electrons. The van der Waals surface area contributed by atoms with Crippen LogP contribution in [0.4, 0.5) is 5.13 Å². The molecule has 4 nitrogen and oxygen atoms in total. The van der Waals surface area contributed by atoms with Crippen molar-refractivity contribution in [3.8, 4) is 0 Å². The lowest BCUT2D eigenvalue weighted by Gasteiger charge is -2.13. The van der Waals surface area contributed by atoms with E-state index in [-0.39, 0.29) is 11.9 Å². The van der Waals surface area contributed by atoms with Crippen molar-refractivity contribution >= 4 is 22.4 Å². The second-order valence-electron chi connectivity index (χ2n) is 4.73. The van der Waals surface area contributed by atoms with E-state index < -0.39 is 0 Å². The average molecular weight is 273 g/mol. The Hall–Kier alpha value is -1.88. The van der Waals surface area contributed by atoms with Crippen LogP contribution in [-0.4, -0.2) is 10.9 Å². The Morgan fingerprint density at radius 1 is 1.47 bits per heavy atom. The normalized spacial score (nSPS) is 17.2. The van der Waals surface area contributed by atoms with Crippen LogP contribution in [0.1, 0.15) is 39.0 Å². The highest BCUT2D eigenvalue weighted by Gasteiger charge is 2.25. The number of fused-ring (bicyclic) bond motifs is 1. The zero-order valence-corrected chi connectivity index (χ0v) is 11.5. The number of hydrogen-bond acceptors (Lipinski definition) is 4. The minimum Gasteiger partial charge on any atom is -0.375 e. The third kappa shape index (κ3) is 2.21. The predicted molar refractivity (Wildman–Crippen MR) is 76.2 cm³/mol. The minimum absolute atomic E-state index is 0.0756. The van der Waals surface area contributed by atoms with Crippen LogP contribution in [0, 0.1) is 6.92 Å². The van der Waals surface area contributed by atoms with Crippen LogP contribution in [0.25, 0.3) is 0 Å². The van der Waals surface area contributed by atoms with E-state index in [9.17, 15) is 4.79 Å². The van der Waals surface area contributed by atoms with Crippen molar-refractivity contribution in [3.05, 3.63) is 46.0 Å². The van der Waals surface area contributed by atoms with Gasteiger partial charge < -0.3 is 11.1 Å². The van der Waals surface area contributed by atoms with Gasteiger partial charge in [0.1, 0.15) is 4.88 Å². The zero-order valence-electron chi connectivity index (χ0n) is 10.6. The predicted octanol–water partition coefficient (Wildman–Crippen LogP) is 2.45. The Kier molecular flexibility index (Phi) is 2.98. The lowest BCUT2D eigenvalue weighted by Crippen LogP contribution is -2.26.